The highest BCUT2D eigenvalue weighted by molar-refractivity contribution is 7.99. The molecule has 1 N–H and O–H groups in total. The van der Waals surface area contributed by atoms with Crippen LogP contribution in [0.25, 0.3) is 0 Å². The fourth-order valence-corrected chi connectivity index (χ4v) is 3.33. The van der Waals surface area contributed by atoms with E-state index in [0.29, 0.717) is 17.5 Å². The Morgan fingerprint density at radius 3 is 2.45 bits per heavy atom. The Balaban J connectivity index is 1.83. The van der Waals surface area contributed by atoms with Crippen LogP contribution in [0.2, 0.25) is 0 Å². The molecule has 0 atom stereocenters. The molecule has 0 unspecified atom stereocenters. The van der Waals surface area contributed by atoms with E-state index in [1.165, 1.54) is 11.8 Å². The molecule has 2 aromatic rings. The molecule has 2 aromatic carbocycles. The number of hydrogen-bond acceptors (Lipinski definition) is 5. The van der Waals surface area contributed by atoms with Gasteiger partial charge in [-0.15, -0.1) is 12.6 Å². The van der Waals surface area contributed by atoms with Crippen molar-refractivity contribution >= 4 is 41.0 Å². The van der Waals surface area contributed by atoms with Gasteiger partial charge in [0.25, 0.3) is 0 Å². The standard InChI is InChI=1S/C16H11NO3S2/c18-15-13-6-5-12(7-10(13)8-14(15)17-20)22-11-3-1-9(2-4-11)16(19)21/h1-7,20H,8H2,(H,19,21). The molecule has 3 rings (SSSR count). The summed E-state index contributed by atoms with van der Waals surface area (Å²) in [4.78, 5) is 25.0. The summed E-state index contributed by atoms with van der Waals surface area (Å²) in [6.45, 7) is 0. The van der Waals surface area contributed by atoms with Crippen molar-refractivity contribution in [3.05, 3.63) is 59.2 Å². The van der Waals surface area contributed by atoms with Crippen LogP contribution in [0.3, 0.4) is 0 Å². The predicted octanol–water partition coefficient (Wildman–Crippen LogP) is 3.48. The molecule has 0 fully saturated rings. The molecule has 0 amide bonds. The summed E-state index contributed by atoms with van der Waals surface area (Å²) >= 11 is 5.32. The number of rotatable bonds is 3. The van der Waals surface area contributed by atoms with Crippen molar-refractivity contribution in [3.63, 3.8) is 0 Å². The van der Waals surface area contributed by atoms with E-state index >= 15 is 0 Å². The highest BCUT2D eigenvalue weighted by atomic mass is 32.2. The SMILES string of the molecule is O=C(S)c1ccc(Sc2ccc3c(c2)CC(=NO)C3=O)cc1. The third-order valence-corrected chi connectivity index (χ3v) is 4.65. The van der Waals surface area contributed by atoms with E-state index in [1.54, 1.807) is 18.2 Å². The van der Waals surface area contributed by atoms with E-state index in [4.69, 9.17) is 5.21 Å². The minimum Gasteiger partial charge on any atom is -0.411 e. The summed E-state index contributed by atoms with van der Waals surface area (Å²) in [5.74, 6) is -0.217. The maximum absolute atomic E-state index is 11.9. The summed E-state index contributed by atoms with van der Waals surface area (Å²) < 4.78 is 0. The number of nitrogens with zero attached hydrogens (tertiary/aromatic N) is 1. The van der Waals surface area contributed by atoms with Gasteiger partial charge in [0.1, 0.15) is 5.71 Å². The largest absolute Gasteiger partial charge is 0.411 e. The lowest BCUT2D eigenvalue weighted by atomic mass is 10.1. The second-order valence-corrected chi connectivity index (χ2v) is 6.36. The molecule has 0 saturated heterocycles. The number of oxime groups is 1. The third-order valence-electron chi connectivity index (χ3n) is 3.40. The molecule has 0 radical (unpaired) electrons. The maximum Gasteiger partial charge on any atom is 0.216 e. The Morgan fingerprint density at radius 1 is 1.14 bits per heavy atom. The van der Waals surface area contributed by atoms with Gasteiger partial charge in [-0.2, -0.15) is 0 Å². The highest BCUT2D eigenvalue weighted by Crippen LogP contribution is 2.31. The lowest BCUT2D eigenvalue weighted by Crippen LogP contribution is -2.06. The number of fused-ring (bicyclic) bond motifs is 1. The Hall–Kier alpha value is -2.05. The lowest BCUT2D eigenvalue weighted by Gasteiger charge is -2.04. The number of carbonyl (C=O) groups is 2. The molecule has 0 heterocycles. The van der Waals surface area contributed by atoms with Crippen molar-refractivity contribution < 1.29 is 14.8 Å². The molecule has 4 nitrogen and oxygen atoms in total. The van der Waals surface area contributed by atoms with E-state index in [9.17, 15) is 9.59 Å². The molecule has 22 heavy (non-hydrogen) atoms. The number of hydrogen-bond donors (Lipinski definition) is 2. The number of Topliss-reactive ketones (excluding diaryl/α,β-unsaturated/α-hetero) is 1. The lowest BCUT2D eigenvalue weighted by molar-refractivity contribution is 0.106. The summed E-state index contributed by atoms with van der Waals surface area (Å²) in [5.41, 5.74) is 2.18. The van der Waals surface area contributed by atoms with Crippen LogP contribution in [0, 0.1) is 0 Å². The number of carbonyl (C=O) groups excluding carboxylic acids is 2. The topological polar surface area (TPSA) is 66.7 Å². The molecule has 0 bridgehead atoms. The van der Waals surface area contributed by atoms with Gasteiger partial charge in [0, 0.05) is 27.3 Å². The average Bonchev–Trinajstić information content (AvgIpc) is 2.83. The first-order valence-electron chi connectivity index (χ1n) is 6.48. The van der Waals surface area contributed by atoms with Crippen LogP contribution in [0.15, 0.2) is 57.4 Å². The van der Waals surface area contributed by atoms with Gasteiger partial charge in [-0.25, -0.2) is 0 Å². The fourth-order valence-electron chi connectivity index (χ4n) is 2.30. The summed E-state index contributed by atoms with van der Waals surface area (Å²) in [6.07, 6.45) is 0.353. The Morgan fingerprint density at radius 2 is 1.82 bits per heavy atom. The van der Waals surface area contributed by atoms with Crippen LogP contribution < -0.4 is 0 Å². The summed E-state index contributed by atoms with van der Waals surface area (Å²) in [5, 5.41) is 11.6. The Labute approximate surface area is 136 Å². The molecule has 0 spiro atoms. The molecular weight excluding hydrogens is 318 g/mol. The van der Waals surface area contributed by atoms with Crippen molar-refractivity contribution in [3.8, 4) is 0 Å². The van der Waals surface area contributed by atoms with Crippen molar-refractivity contribution in [2.75, 3.05) is 0 Å². The van der Waals surface area contributed by atoms with Gasteiger partial charge >= 0.3 is 0 Å². The predicted molar refractivity (Wildman–Crippen MR) is 87.6 cm³/mol. The van der Waals surface area contributed by atoms with E-state index in [1.807, 2.05) is 24.3 Å². The van der Waals surface area contributed by atoms with Gasteiger partial charge in [-0.1, -0.05) is 16.9 Å². The zero-order valence-corrected chi connectivity index (χ0v) is 13.0. The molecule has 0 aromatic heterocycles. The minimum absolute atomic E-state index is 0.175. The van der Waals surface area contributed by atoms with Crippen LogP contribution in [0.4, 0.5) is 0 Å². The summed E-state index contributed by atoms with van der Waals surface area (Å²) in [7, 11) is 0. The molecule has 6 heteroatoms. The second-order valence-electron chi connectivity index (χ2n) is 4.80. The van der Waals surface area contributed by atoms with Crippen molar-refractivity contribution in [2.45, 2.75) is 16.2 Å². The van der Waals surface area contributed by atoms with Gasteiger partial charge < -0.3 is 5.21 Å². The first-order chi connectivity index (χ1) is 10.6. The number of ketones is 1. The molecule has 110 valence electrons. The average molecular weight is 329 g/mol. The van der Waals surface area contributed by atoms with E-state index in [0.717, 1.165) is 15.4 Å². The van der Waals surface area contributed by atoms with E-state index in [-0.39, 0.29) is 16.6 Å². The normalized spacial score (nSPS) is 15.1. The number of thiol groups is 1. The van der Waals surface area contributed by atoms with Gasteiger partial charge in [-0.3, -0.25) is 9.59 Å². The fraction of sp³-hybridized carbons (Fsp3) is 0.0625. The van der Waals surface area contributed by atoms with Crippen molar-refractivity contribution in [1.82, 2.24) is 0 Å². The molecule has 1 aliphatic carbocycles. The van der Waals surface area contributed by atoms with Gasteiger partial charge in [-0.05, 0) is 48.0 Å². The molecule has 1 aliphatic rings. The van der Waals surface area contributed by atoms with Crippen molar-refractivity contribution in [1.29, 1.82) is 0 Å². The third kappa shape index (κ3) is 2.80. The van der Waals surface area contributed by atoms with E-state index < -0.39 is 0 Å². The van der Waals surface area contributed by atoms with Crippen molar-refractivity contribution in [2.24, 2.45) is 5.16 Å². The Bertz CT molecular complexity index is 798. The monoisotopic (exact) mass is 329 g/mol. The molecule has 0 aliphatic heterocycles. The van der Waals surface area contributed by atoms with Crippen LogP contribution in [-0.4, -0.2) is 21.8 Å². The van der Waals surface area contributed by atoms with E-state index in [2.05, 4.69) is 17.8 Å². The first kappa shape index (κ1) is 14.9. The van der Waals surface area contributed by atoms with Crippen LogP contribution >= 0.6 is 24.4 Å². The molecular formula is C16H11NO3S2. The maximum atomic E-state index is 11.9. The molecule has 0 saturated carbocycles. The van der Waals surface area contributed by atoms with Gasteiger partial charge in [0.05, 0.1) is 0 Å². The highest BCUT2D eigenvalue weighted by Gasteiger charge is 2.27. The van der Waals surface area contributed by atoms with Crippen LogP contribution in [0.5, 0.6) is 0 Å². The zero-order valence-electron chi connectivity index (χ0n) is 11.3. The number of benzene rings is 2. The van der Waals surface area contributed by atoms with Gasteiger partial charge in [0.15, 0.2) is 0 Å². The van der Waals surface area contributed by atoms with Gasteiger partial charge in [0.2, 0.25) is 10.9 Å². The van der Waals surface area contributed by atoms with Crippen LogP contribution in [-0.2, 0) is 6.42 Å². The Kier molecular flexibility index (Phi) is 4.04. The quantitative estimate of drug-likeness (QED) is 0.514. The first-order valence-corrected chi connectivity index (χ1v) is 7.74. The zero-order chi connectivity index (χ0) is 15.7. The minimum atomic E-state index is -0.261. The van der Waals surface area contributed by atoms with Crippen LogP contribution in [0.1, 0.15) is 26.3 Å². The summed E-state index contributed by atoms with van der Waals surface area (Å²) in [6, 6.07) is 12.7. The second kappa shape index (κ2) is 5.98. The smallest absolute Gasteiger partial charge is 0.216 e.